The smallest absolute Gasteiger partial charge is 0.285 e. The van der Waals surface area contributed by atoms with E-state index in [2.05, 4.69) is 61.2 Å². The van der Waals surface area contributed by atoms with Crippen LogP contribution in [0.15, 0.2) is 52.4 Å². The molecule has 2 aromatic heterocycles. The monoisotopic (exact) mass is 390 g/mol. The van der Waals surface area contributed by atoms with Gasteiger partial charge < -0.3 is 0 Å². The largest absolute Gasteiger partial charge is 0.350 e. The number of hydrogen-bond donors (Lipinski definition) is 1. The SMILES string of the molecule is Cc1ccc(-c2c(C)nn3c(=O)[nH]c(SCc4cc(C)ccc4C)nc23)cc1. The first-order valence-corrected chi connectivity index (χ1v) is 10.2. The minimum absolute atomic E-state index is 0.269. The number of H-pyrrole nitrogens is 1. The van der Waals surface area contributed by atoms with E-state index in [1.807, 2.05) is 19.1 Å². The molecule has 6 heteroatoms. The second kappa shape index (κ2) is 7.28. The second-order valence-electron chi connectivity index (χ2n) is 7.13. The number of thioether (sulfide) groups is 1. The molecule has 2 heterocycles. The molecule has 2 aromatic carbocycles. The Morgan fingerprint density at radius 3 is 2.46 bits per heavy atom. The third kappa shape index (κ3) is 3.47. The van der Waals surface area contributed by atoms with Crippen molar-refractivity contribution in [3.8, 4) is 11.1 Å². The normalized spacial score (nSPS) is 11.3. The van der Waals surface area contributed by atoms with Crippen molar-refractivity contribution < 1.29 is 0 Å². The van der Waals surface area contributed by atoms with Crippen molar-refractivity contribution in [2.24, 2.45) is 0 Å². The lowest BCUT2D eigenvalue weighted by molar-refractivity contribution is 0.779. The third-order valence-corrected chi connectivity index (χ3v) is 5.78. The topological polar surface area (TPSA) is 63.1 Å². The molecule has 0 atom stereocenters. The fourth-order valence-electron chi connectivity index (χ4n) is 3.26. The molecule has 0 unspecified atom stereocenters. The number of nitrogens with zero attached hydrogens (tertiary/aromatic N) is 3. The number of aromatic nitrogens is 4. The van der Waals surface area contributed by atoms with Crippen molar-refractivity contribution in [3.05, 3.63) is 80.9 Å². The van der Waals surface area contributed by atoms with Crippen LogP contribution in [0.1, 0.15) is 27.9 Å². The summed E-state index contributed by atoms with van der Waals surface area (Å²) in [4.78, 5) is 20.2. The van der Waals surface area contributed by atoms with Crippen LogP contribution in [0.25, 0.3) is 16.8 Å². The molecule has 0 fully saturated rings. The molecule has 0 radical (unpaired) electrons. The highest BCUT2D eigenvalue weighted by molar-refractivity contribution is 7.98. The van der Waals surface area contributed by atoms with Crippen molar-refractivity contribution in [3.63, 3.8) is 0 Å². The van der Waals surface area contributed by atoms with Gasteiger partial charge in [-0.3, -0.25) is 4.98 Å². The zero-order chi connectivity index (χ0) is 19.8. The van der Waals surface area contributed by atoms with E-state index >= 15 is 0 Å². The van der Waals surface area contributed by atoms with E-state index < -0.39 is 0 Å². The van der Waals surface area contributed by atoms with Crippen molar-refractivity contribution >= 4 is 17.4 Å². The van der Waals surface area contributed by atoms with Gasteiger partial charge >= 0.3 is 5.69 Å². The minimum Gasteiger partial charge on any atom is -0.285 e. The first-order chi connectivity index (χ1) is 13.4. The van der Waals surface area contributed by atoms with E-state index in [0.717, 1.165) is 22.6 Å². The van der Waals surface area contributed by atoms with Crippen LogP contribution in [0.5, 0.6) is 0 Å². The summed E-state index contributed by atoms with van der Waals surface area (Å²) in [5.41, 5.74) is 7.93. The van der Waals surface area contributed by atoms with Gasteiger partial charge in [0.05, 0.1) is 5.69 Å². The van der Waals surface area contributed by atoms with Crippen molar-refractivity contribution in [1.29, 1.82) is 0 Å². The predicted molar refractivity (Wildman–Crippen MR) is 114 cm³/mol. The van der Waals surface area contributed by atoms with E-state index in [9.17, 15) is 4.79 Å². The van der Waals surface area contributed by atoms with Gasteiger partial charge in [-0.15, -0.1) is 0 Å². The van der Waals surface area contributed by atoms with Gasteiger partial charge in [0.1, 0.15) is 0 Å². The highest BCUT2D eigenvalue weighted by atomic mass is 32.2. The molecule has 28 heavy (non-hydrogen) atoms. The Morgan fingerprint density at radius 2 is 1.71 bits per heavy atom. The molecule has 5 nitrogen and oxygen atoms in total. The molecule has 0 aliphatic carbocycles. The molecule has 0 bridgehead atoms. The van der Waals surface area contributed by atoms with Crippen LogP contribution in [-0.4, -0.2) is 19.6 Å². The minimum atomic E-state index is -0.269. The predicted octanol–water partition coefficient (Wildman–Crippen LogP) is 4.61. The zero-order valence-corrected chi connectivity index (χ0v) is 17.2. The Labute approximate surface area is 167 Å². The van der Waals surface area contributed by atoms with Gasteiger partial charge in [-0.25, -0.2) is 9.78 Å². The van der Waals surface area contributed by atoms with Gasteiger partial charge in [0, 0.05) is 11.3 Å². The molecule has 4 aromatic rings. The van der Waals surface area contributed by atoms with Gasteiger partial charge in [0.15, 0.2) is 10.8 Å². The Bertz CT molecular complexity index is 1220. The van der Waals surface area contributed by atoms with Crippen LogP contribution < -0.4 is 5.69 Å². The number of benzene rings is 2. The fourth-order valence-corrected chi connectivity index (χ4v) is 4.17. The summed E-state index contributed by atoms with van der Waals surface area (Å²) in [5, 5.41) is 5.00. The summed E-state index contributed by atoms with van der Waals surface area (Å²) in [6.07, 6.45) is 0. The van der Waals surface area contributed by atoms with E-state index in [0.29, 0.717) is 10.8 Å². The van der Waals surface area contributed by atoms with Crippen molar-refractivity contribution in [2.75, 3.05) is 0 Å². The molecule has 0 amide bonds. The maximum Gasteiger partial charge on any atom is 0.350 e. The number of aryl methyl sites for hydroxylation is 4. The van der Waals surface area contributed by atoms with Gasteiger partial charge in [-0.05, 0) is 44.4 Å². The molecule has 142 valence electrons. The number of hydrogen-bond acceptors (Lipinski definition) is 4. The van der Waals surface area contributed by atoms with E-state index in [1.54, 1.807) is 0 Å². The van der Waals surface area contributed by atoms with Gasteiger partial charge in [0.2, 0.25) is 0 Å². The Kier molecular flexibility index (Phi) is 4.81. The maximum absolute atomic E-state index is 12.6. The number of nitrogens with one attached hydrogen (secondary N) is 1. The van der Waals surface area contributed by atoms with Crippen molar-refractivity contribution in [2.45, 2.75) is 38.6 Å². The fraction of sp³-hybridized carbons (Fsp3) is 0.227. The standard InChI is InChI=1S/C22H22N4OS/c1-13-6-9-17(10-7-13)19-16(4)25-26-20(19)23-21(24-22(26)27)28-12-18-11-14(2)5-8-15(18)3/h5-11H,12H2,1-4H3,(H,23,24,27). The first-order valence-electron chi connectivity index (χ1n) is 9.18. The molecule has 1 N–H and O–H groups in total. The summed E-state index contributed by atoms with van der Waals surface area (Å²) in [7, 11) is 0. The highest BCUT2D eigenvalue weighted by Crippen LogP contribution is 2.28. The average molecular weight is 391 g/mol. The molecule has 0 saturated carbocycles. The van der Waals surface area contributed by atoms with E-state index in [-0.39, 0.29) is 5.69 Å². The third-order valence-electron chi connectivity index (χ3n) is 4.86. The molecule has 0 aliphatic heterocycles. The second-order valence-corrected chi connectivity index (χ2v) is 8.09. The van der Waals surface area contributed by atoms with Crippen LogP contribution in [0.3, 0.4) is 0 Å². The molecule has 0 saturated heterocycles. The summed E-state index contributed by atoms with van der Waals surface area (Å²) in [6.45, 7) is 8.15. The molecular formula is C22H22N4OS. The molecule has 0 spiro atoms. The average Bonchev–Trinajstić information content (AvgIpc) is 3.00. The number of aromatic amines is 1. The van der Waals surface area contributed by atoms with Crippen LogP contribution in [-0.2, 0) is 5.75 Å². The van der Waals surface area contributed by atoms with Gasteiger partial charge in [-0.1, -0.05) is 65.4 Å². The summed E-state index contributed by atoms with van der Waals surface area (Å²) in [6, 6.07) is 14.6. The van der Waals surface area contributed by atoms with Crippen LogP contribution in [0.4, 0.5) is 0 Å². The Balaban J connectivity index is 1.74. The maximum atomic E-state index is 12.6. The van der Waals surface area contributed by atoms with E-state index in [1.165, 1.54) is 38.5 Å². The molecule has 4 rings (SSSR count). The lowest BCUT2D eigenvalue weighted by Gasteiger charge is -2.07. The molecule has 0 aliphatic rings. The summed E-state index contributed by atoms with van der Waals surface area (Å²) in [5.74, 6) is 0.750. The lowest BCUT2D eigenvalue weighted by atomic mass is 10.0. The number of rotatable bonds is 4. The zero-order valence-electron chi connectivity index (χ0n) is 16.4. The first kappa shape index (κ1) is 18.5. The van der Waals surface area contributed by atoms with Crippen LogP contribution in [0, 0.1) is 27.7 Å². The van der Waals surface area contributed by atoms with Gasteiger partial charge in [-0.2, -0.15) is 9.61 Å². The van der Waals surface area contributed by atoms with Crippen molar-refractivity contribution in [1.82, 2.24) is 19.6 Å². The quantitative estimate of drug-likeness (QED) is 0.517. The number of fused-ring (bicyclic) bond motifs is 1. The Morgan fingerprint density at radius 1 is 1.00 bits per heavy atom. The van der Waals surface area contributed by atoms with Gasteiger partial charge in [0.25, 0.3) is 0 Å². The summed E-state index contributed by atoms with van der Waals surface area (Å²) < 4.78 is 1.35. The van der Waals surface area contributed by atoms with E-state index in [4.69, 9.17) is 4.98 Å². The van der Waals surface area contributed by atoms with Crippen LogP contribution >= 0.6 is 11.8 Å². The Hall–Kier alpha value is -2.86. The van der Waals surface area contributed by atoms with Crippen LogP contribution in [0.2, 0.25) is 0 Å². The lowest BCUT2D eigenvalue weighted by Crippen LogP contribution is -2.19. The summed E-state index contributed by atoms with van der Waals surface area (Å²) >= 11 is 1.53. The highest BCUT2D eigenvalue weighted by Gasteiger charge is 2.16. The molecular weight excluding hydrogens is 368 g/mol.